The number of aryl methyl sites for hydroxylation is 2. The van der Waals surface area contributed by atoms with Crippen LogP contribution < -0.4 is 0 Å². The summed E-state index contributed by atoms with van der Waals surface area (Å²) >= 11 is 0. The molecule has 1 N–H and O–H groups in total. The molecule has 1 atom stereocenters. The van der Waals surface area contributed by atoms with Crippen LogP contribution in [0.1, 0.15) is 33.9 Å². The van der Waals surface area contributed by atoms with Crippen molar-refractivity contribution in [3.63, 3.8) is 0 Å². The lowest BCUT2D eigenvalue weighted by Gasteiger charge is -2.28. The lowest BCUT2D eigenvalue weighted by Crippen LogP contribution is -2.28. The van der Waals surface area contributed by atoms with Crippen molar-refractivity contribution in [1.29, 1.82) is 5.26 Å². The van der Waals surface area contributed by atoms with Crippen LogP contribution in [0.25, 0.3) is 0 Å². The zero-order chi connectivity index (χ0) is 15.0. The number of nitriles is 1. The lowest BCUT2D eigenvalue weighted by molar-refractivity contribution is 0.0688. The van der Waals surface area contributed by atoms with Crippen LogP contribution in [0.2, 0.25) is 0 Å². The van der Waals surface area contributed by atoms with Gasteiger partial charge < -0.3 is 5.11 Å². The van der Waals surface area contributed by atoms with E-state index in [4.69, 9.17) is 0 Å². The molecular weight excluding hydrogens is 258 g/mol. The summed E-state index contributed by atoms with van der Waals surface area (Å²) in [6.07, 6.45) is 0.484. The standard InChI is InChI=1S/C19H19NO/c1-13-7-8-17(14(2)9-13)18(21)19(12-20)10-15-5-3-4-6-16(15)11-19/h3-9,18,21H,10-11H2,1-2H3. The number of nitrogens with zero attached hydrogens (tertiary/aromatic N) is 1. The van der Waals surface area contributed by atoms with Gasteiger partial charge in [0.2, 0.25) is 0 Å². The van der Waals surface area contributed by atoms with Crippen molar-refractivity contribution in [3.8, 4) is 6.07 Å². The Labute approximate surface area is 125 Å². The van der Waals surface area contributed by atoms with E-state index in [0.29, 0.717) is 12.8 Å². The van der Waals surface area contributed by atoms with E-state index in [1.807, 2.05) is 38.1 Å². The normalized spacial score (nSPS) is 17.0. The summed E-state index contributed by atoms with van der Waals surface area (Å²) in [7, 11) is 0. The minimum Gasteiger partial charge on any atom is -0.387 e. The van der Waals surface area contributed by atoms with Crippen LogP contribution >= 0.6 is 0 Å². The Morgan fingerprint density at radius 1 is 1.10 bits per heavy atom. The van der Waals surface area contributed by atoms with Crippen molar-refractivity contribution >= 4 is 0 Å². The van der Waals surface area contributed by atoms with Crippen LogP contribution in [0.15, 0.2) is 42.5 Å². The van der Waals surface area contributed by atoms with E-state index in [1.54, 1.807) is 0 Å². The van der Waals surface area contributed by atoms with Gasteiger partial charge in [-0.15, -0.1) is 0 Å². The molecule has 0 spiro atoms. The zero-order valence-corrected chi connectivity index (χ0v) is 12.4. The Kier molecular flexibility index (Phi) is 3.31. The van der Waals surface area contributed by atoms with Crippen molar-refractivity contribution in [3.05, 3.63) is 70.3 Å². The van der Waals surface area contributed by atoms with Gasteiger partial charge in [0.25, 0.3) is 0 Å². The van der Waals surface area contributed by atoms with E-state index in [1.165, 1.54) is 16.7 Å². The highest BCUT2D eigenvalue weighted by Crippen LogP contribution is 2.46. The fourth-order valence-corrected chi connectivity index (χ4v) is 3.41. The molecule has 0 bridgehead atoms. The molecule has 3 rings (SSSR count). The smallest absolute Gasteiger partial charge is 0.0985 e. The summed E-state index contributed by atoms with van der Waals surface area (Å²) in [6.45, 7) is 4.04. The SMILES string of the molecule is Cc1ccc(C(O)C2(C#N)Cc3ccccc3C2)c(C)c1. The predicted octanol–water partition coefficient (Wildman–Crippen LogP) is 3.65. The second-order valence-electron chi connectivity index (χ2n) is 6.15. The van der Waals surface area contributed by atoms with Crippen molar-refractivity contribution in [2.24, 2.45) is 5.41 Å². The Hall–Kier alpha value is -2.11. The average molecular weight is 277 g/mol. The summed E-state index contributed by atoms with van der Waals surface area (Å²) in [5.74, 6) is 0. The van der Waals surface area contributed by atoms with Gasteiger partial charge in [-0.05, 0) is 48.9 Å². The molecule has 0 fully saturated rings. The third kappa shape index (κ3) is 2.24. The highest BCUT2D eigenvalue weighted by atomic mass is 16.3. The third-order valence-electron chi connectivity index (χ3n) is 4.60. The van der Waals surface area contributed by atoms with Crippen molar-refractivity contribution < 1.29 is 5.11 Å². The van der Waals surface area contributed by atoms with Gasteiger partial charge in [-0.2, -0.15) is 5.26 Å². The Balaban J connectivity index is 2.00. The number of hydrogen-bond donors (Lipinski definition) is 1. The number of aliphatic hydroxyl groups excluding tert-OH is 1. The maximum Gasteiger partial charge on any atom is 0.0985 e. The fourth-order valence-electron chi connectivity index (χ4n) is 3.41. The van der Waals surface area contributed by atoms with E-state index in [2.05, 4.69) is 24.3 Å². The third-order valence-corrected chi connectivity index (χ3v) is 4.60. The van der Waals surface area contributed by atoms with Crippen LogP contribution in [0.5, 0.6) is 0 Å². The van der Waals surface area contributed by atoms with Crippen LogP contribution in [-0.2, 0) is 12.8 Å². The van der Waals surface area contributed by atoms with Crippen molar-refractivity contribution in [1.82, 2.24) is 0 Å². The molecule has 2 nitrogen and oxygen atoms in total. The lowest BCUT2D eigenvalue weighted by atomic mass is 9.76. The van der Waals surface area contributed by atoms with Gasteiger partial charge in [0.1, 0.15) is 0 Å². The molecule has 1 unspecified atom stereocenters. The zero-order valence-electron chi connectivity index (χ0n) is 12.4. The molecule has 2 heteroatoms. The van der Waals surface area contributed by atoms with E-state index in [-0.39, 0.29) is 0 Å². The molecule has 0 aliphatic heterocycles. The summed E-state index contributed by atoms with van der Waals surface area (Å²) in [6, 6.07) is 16.5. The highest BCUT2D eigenvalue weighted by Gasteiger charge is 2.44. The highest BCUT2D eigenvalue weighted by molar-refractivity contribution is 5.41. The maximum absolute atomic E-state index is 10.9. The maximum atomic E-state index is 10.9. The molecule has 21 heavy (non-hydrogen) atoms. The second-order valence-corrected chi connectivity index (χ2v) is 6.15. The molecular formula is C19H19NO. The Morgan fingerprint density at radius 2 is 1.71 bits per heavy atom. The van der Waals surface area contributed by atoms with Gasteiger partial charge in [0.15, 0.2) is 0 Å². The Bertz CT molecular complexity index is 702. The summed E-state index contributed by atoms with van der Waals surface area (Å²) < 4.78 is 0. The minimum absolute atomic E-state index is 0.619. The van der Waals surface area contributed by atoms with Crippen LogP contribution in [0.4, 0.5) is 0 Å². The van der Waals surface area contributed by atoms with Crippen LogP contribution in [0, 0.1) is 30.6 Å². The average Bonchev–Trinajstić information content (AvgIpc) is 2.86. The quantitative estimate of drug-likeness (QED) is 0.910. The monoisotopic (exact) mass is 277 g/mol. The first-order chi connectivity index (χ1) is 10.1. The second kappa shape index (κ2) is 5.02. The molecule has 0 saturated heterocycles. The molecule has 1 aliphatic carbocycles. The number of benzene rings is 2. The number of fused-ring (bicyclic) bond motifs is 1. The molecule has 2 aromatic rings. The first-order valence-electron chi connectivity index (χ1n) is 7.29. The largest absolute Gasteiger partial charge is 0.387 e. The minimum atomic E-state index is -0.754. The van der Waals surface area contributed by atoms with E-state index < -0.39 is 11.5 Å². The summed E-state index contributed by atoms with van der Waals surface area (Å²) in [5.41, 5.74) is 4.71. The first-order valence-corrected chi connectivity index (χ1v) is 7.29. The van der Waals surface area contributed by atoms with Gasteiger partial charge >= 0.3 is 0 Å². The molecule has 2 aromatic carbocycles. The number of aliphatic hydroxyl groups is 1. The van der Waals surface area contributed by atoms with E-state index in [9.17, 15) is 10.4 Å². The van der Waals surface area contributed by atoms with Crippen LogP contribution in [-0.4, -0.2) is 5.11 Å². The number of hydrogen-bond acceptors (Lipinski definition) is 2. The van der Waals surface area contributed by atoms with Gasteiger partial charge in [-0.3, -0.25) is 0 Å². The summed E-state index contributed by atoms with van der Waals surface area (Å²) in [5, 5.41) is 20.6. The van der Waals surface area contributed by atoms with E-state index >= 15 is 0 Å². The Morgan fingerprint density at radius 3 is 2.24 bits per heavy atom. The fraction of sp³-hybridized carbons (Fsp3) is 0.316. The number of rotatable bonds is 2. The predicted molar refractivity (Wildman–Crippen MR) is 82.8 cm³/mol. The van der Waals surface area contributed by atoms with Crippen molar-refractivity contribution in [2.75, 3.05) is 0 Å². The molecule has 0 radical (unpaired) electrons. The molecule has 106 valence electrons. The van der Waals surface area contributed by atoms with Crippen molar-refractivity contribution in [2.45, 2.75) is 32.8 Å². The molecule has 0 saturated carbocycles. The van der Waals surface area contributed by atoms with Crippen LogP contribution in [0.3, 0.4) is 0 Å². The molecule has 1 aliphatic rings. The molecule has 0 amide bonds. The van der Waals surface area contributed by atoms with Gasteiger partial charge in [0.05, 0.1) is 17.6 Å². The first kappa shape index (κ1) is 13.9. The van der Waals surface area contributed by atoms with Gasteiger partial charge in [0, 0.05) is 0 Å². The molecule has 0 aromatic heterocycles. The molecule has 0 heterocycles. The van der Waals surface area contributed by atoms with Gasteiger partial charge in [-0.1, -0.05) is 48.0 Å². The van der Waals surface area contributed by atoms with E-state index in [0.717, 1.165) is 11.1 Å². The topological polar surface area (TPSA) is 44.0 Å². The van der Waals surface area contributed by atoms with Gasteiger partial charge in [-0.25, -0.2) is 0 Å². The summed E-state index contributed by atoms with van der Waals surface area (Å²) in [4.78, 5) is 0.